The third-order valence-corrected chi connectivity index (χ3v) is 7.02. The van der Waals surface area contributed by atoms with Crippen LogP contribution in [0.4, 0.5) is 5.69 Å². The average Bonchev–Trinajstić information content (AvgIpc) is 3.36. The Morgan fingerprint density at radius 1 is 0.973 bits per heavy atom. The summed E-state index contributed by atoms with van der Waals surface area (Å²) >= 11 is 0. The Morgan fingerprint density at radius 2 is 1.65 bits per heavy atom. The Labute approximate surface area is 218 Å². The van der Waals surface area contributed by atoms with Gasteiger partial charge in [-0.05, 0) is 48.3 Å². The fraction of sp³-hybridized carbons (Fsp3) is 0.414. The van der Waals surface area contributed by atoms with Gasteiger partial charge in [0, 0.05) is 23.8 Å². The van der Waals surface area contributed by atoms with Crippen LogP contribution in [0.25, 0.3) is 0 Å². The van der Waals surface area contributed by atoms with Crippen molar-refractivity contribution in [3.63, 3.8) is 0 Å². The SMILES string of the molecule is COc1cc(OC)c(N=C(N)c2ccc(Oc3c(C)cc4c(c3OC)C(C)(C)CCC4C)o2)c(OC)c1. The zero-order valence-corrected chi connectivity index (χ0v) is 22.9. The Morgan fingerprint density at radius 3 is 2.24 bits per heavy atom. The molecule has 198 valence electrons. The van der Waals surface area contributed by atoms with Crippen LogP contribution in [0.3, 0.4) is 0 Å². The minimum Gasteiger partial charge on any atom is -0.496 e. The van der Waals surface area contributed by atoms with Gasteiger partial charge in [0.2, 0.25) is 0 Å². The number of hydrogen-bond acceptors (Lipinski definition) is 7. The summed E-state index contributed by atoms with van der Waals surface area (Å²) in [4.78, 5) is 4.52. The molecule has 1 atom stereocenters. The maximum absolute atomic E-state index is 6.31. The predicted molar refractivity (Wildman–Crippen MR) is 144 cm³/mol. The number of ether oxygens (including phenoxy) is 5. The van der Waals surface area contributed by atoms with E-state index in [1.54, 1.807) is 52.7 Å². The van der Waals surface area contributed by atoms with Crippen LogP contribution >= 0.6 is 0 Å². The van der Waals surface area contributed by atoms with Crippen LogP contribution in [-0.2, 0) is 5.41 Å². The number of methoxy groups -OCH3 is 4. The maximum Gasteiger partial charge on any atom is 0.290 e. The molecule has 1 aromatic heterocycles. The Hall–Kier alpha value is -3.81. The van der Waals surface area contributed by atoms with Crippen molar-refractivity contribution in [3.05, 3.63) is 52.8 Å². The number of aryl methyl sites for hydroxylation is 1. The Bertz CT molecular complexity index is 1300. The summed E-state index contributed by atoms with van der Waals surface area (Å²) in [5.41, 5.74) is 10.2. The number of benzene rings is 2. The van der Waals surface area contributed by atoms with Gasteiger partial charge in [0.05, 0.1) is 28.4 Å². The van der Waals surface area contributed by atoms with Crippen molar-refractivity contribution >= 4 is 11.5 Å². The van der Waals surface area contributed by atoms with Crippen molar-refractivity contribution in [1.82, 2.24) is 0 Å². The zero-order valence-electron chi connectivity index (χ0n) is 22.9. The standard InChI is InChI=1S/C29H36N2O6/c1-16-11-12-29(3,4)24-19(16)13-17(2)26(27(24)35-8)37-23-10-9-20(36-23)28(30)31-25-21(33-6)14-18(32-5)15-22(25)34-7/h9-10,13-16H,11-12H2,1-8H3,(H2,30,31). The minimum absolute atomic E-state index is 0.0269. The summed E-state index contributed by atoms with van der Waals surface area (Å²) in [6.07, 6.45) is 2.23. The van der Waals surface area contributed by atoms with Crippen molar-refractivity contribution < 1.29 is 28.1 Å². The lowest BCUT2D eigenvalue weighted by Crippen LogP contribution is -2.26. The van der Waals surface area contributed by atoms with Crippen LogP contribution in [0.15, 0.2) is 39.7 Å². The lowest BCUT2D eigenvalue weighted by molar-refractivity contribution is 0.306. The molecule has 8 nitrogen and oxygen atoms in total. The molecule has 0 saturated carbocycles. The van der Waals surface area contributed by atoms with E-state index in [0.717, 1.165) is 24.2 Å². The van der Waals surface area contributed by atoms with Gasteiger partial charge >= 0.3 is 0 Å². The lowest BCUT2D eigenvalue weighted by atomic mass is 9.68. The quantitative estimate of drug-likeness (QED) is 0.269. The molecule has 2 N–H and O–H groups in total. The van der Waals surface area contributed by atoms with E-state index in [1.165, 1.54) is 11.1 Å². The molecule has 1 heterocycles. The molecular formula is C29H36N2O6. The fourth-order valence-corrected chi connectivity index (χ4v) is 4.95. The second-order valence-corrected chi connectivity index (χ2v) is 9.94. The minimum atomic E-state index is -0.0269. The van der Waals surface area contributed by atoms with Crippen LogP contribution < -0.4 is 29.4 Å². The molecule has 1 aliphatic carbocycles. The van der Waals surface area contributed by atoms with Crippen molar-refractivity contribution in [1.29, 1.82) is 0 Å². The number of nitrogens with zero attached hydrogens (tertiary/aromatic N) is 1. The largest absolute Gasteiger partial charge is 0.496 e. The first-order chi connectivity index (χ1) is 17.6. The molecule has 0 spiro atoms. The number of aliphatic imine (C=N–C) groups is 1. The number of nitrogens with two attached hydrogens (primary N) is 1. The number of hydrogen-bond donors (Lipinski definition) is 1. The first kappa shape index (κ1) is 26.3. The average molecular weight is 509 g/mol. The molecular weight excluding hydrogens is 472 g/mol. The first-order valence-corrected chi connectivity index (χ1v) is 12.3. The first-order valence-electron chi connectivity index (χ1n) is 12.3. The van der Waals surface area contributed by atoms with E-state index in [4.69, 9.17) is 33.8 Å². The number of fused-ring (bicyclic) bond motifs is 1. The molecule has 0 aliphatic heterocycles. The molecule has 0 radical (unpaired) electrons. The highest BCUT2D eigenvalue weighted by Crippen LogP contribution is 2.52. The molecule has 3 aromatic rings. The molecule has 1 aliphatic rings. The highest BCUT2D eigenvalue weighted by atomic mass is 16.6. The molecule has 0 bridgehead atoms. The van der Waals surface area contributed by atoms with E-state index in [9.17, 15) is 0 Å². The molecule has 1 unspecified atom stereocenters. The third kappa shape index (κ3) is 4.92. The second-order valence-electron chi connectivity index (χ2n) is 9.94. The van der Waals surface area contributed by atoms with Gasteiger partial charge in [-0.1, -0.05) is 26.8 Å². The molecule has 37 heavy (non-hydrogen) atoms. The highest BCUT2D eigenvalue weighted by Gasteiger charge is 2.36. The highest BCUT2D eigenvalue weighted by molar-refractivity contribution is 5.97. The molecule has 2 aromatic carbocycles. The summed E-state index contributed by atoms with van der Waals surface area (Å²) in [6.45, 7) is 8.79. The Kier molecular flexibility index (Phi) is 7.30. The van der Waals surface area contributed by atoms with Gasteiger partial charge in [0.1, 0.15) is 11.4 Å². The van der Waals surface area contributed by atoms with E-state index < -0.39 is 0 Å². The lowest BCUT2D eigenvalue weighted by Gasteiger charge is -2.38. The van der Waals surface area contributed by atoms with Gasteiger partial charge in [-0.15, -0.1) is 0 Å². The van der Waals surface area contributed by atoms with E-state index in [2.05, 4.69) is 31.8 Å². The number of furan rings is 1. The van der Waals surface area contributed by atoms with Gasteiger partial charge in [-0.3, -0.25) is 0 Å². The summed E-state index contributed by atoms with van der Waals surface area (Å²) in [5, 5.41) is 0. The van der Waals surface area contributed by atoms with Crippen molar-refractivity contribution in [2.45, 2.75) is 51.9 Å². The van der Waals surface area contributed by atoms with E-state index >= 15 is 0 Å². The van der Waals surface area contributed by atoms with E-state index in [0.29, 0.717) is 40.4 Å². The van der Waals surface area contributed by atoms with Crippen LogP contribution in [0.2, 0.25) is 0 Å². The Balaban J connectivity index is 1.70. The zero-order chi connectivity index (χ0) is 26.9. The van der Waals surface area contributed by atoms with Gasteiger partial charge in [0.25, 0.3) is 5.95 Å². The van der Waals surface area contributed by atoms with Gasteiger partial charge in [-0.25, -0.2) is 4.99 Å². The van der Waals surface area contributed by atoms with E-state index in [1.807, 2.05) is 6.92 Å². The normalized spacial score (nSPS) is 16.6. The summed E-state index contributed by atoms with van der Waals surface area (Å²) in [7, 11) is 6.33. The van der Waals surface area contributed by atoms with Gasteiger partial charge in [-0.2, -0.15) is 0 Å². The topological polar surface area (TPSA) is 97.7 Å². The van der Waals surface area contributed by atoms with Crippen LogP contribution in [0.1, 0.15) is 62.0 Å². The molecule has 4 rings (SSSR count). The van der Waals surface area contributed by atoms with Crippen molar-refractivity contribution in [2.75, 3.05) is 28.4 Å². The molecule has 0 amide bonds. The van der Waals surface area contributed by atoms with Crippen molar-refractivity contribution in [3.8, 4) is 34.7 Å². The number of amidine groups is 1. The molecule has 0 fully saturated rings. The van der Waals surface area contributed by atoms with E-state index in [-0.39, 0.29) is 17.2 Å². The maximum atomic E-state index is 6.31. The molecule has 8 heteroatoms. The monoisotopic (exact) mass is 508 g/mol. The third-order valence-electron chi connectivity index (χ3n) is 7.02. The van der Waals surface area contributed by atoms with Gasteiger partial charge < -0.3 is 33.8 Å². The predicted octanol–water partition coefficient (Wildman–Crippen LogP) is 6.63. The van der Waals surface area contributed by atoms with Crippen molar-refractivity contribution in [2.24, 2.45) is 10.7 Å². The number of rotatable bonds is 8. The summed E-state index contributed by atoms with van der Waals surface area (Å²) < 4.78 is 34.4. The second kappa shape index (κ2) is 10.3. The van der Waals surface area contributed by atoms with Crippen LogP contribution in [0.5, 0.6) is 34.7 Å². The fourth-order valence-electron chi connectivity index (χ4n) is 4.95. The summed E-state index contributed by atoms with van der Waals surface area (Å²) in [6, 6.07) is 9.05. The summed E-state index contributed by atoms with van der Waals surface area (Å²) in [5.74, 6) is 4.10. The van der Waals surface area contributed by atoms with Gasteiger partial charge in [0.15, 0.2) is 34.6 Å². The molecule has 0 saturated heterocycles. The smallest absolute Gasteiger partial charge is 0.290 e. The van der Waals surface area contributed by atoms with Crippen LogP contribution in [-0.4, -0.2) is 34.3 Å². The van der Waals surface area contributed by atoms with Crippen LogP contribution in [0, 0.1) is 6.92 Å².